The first-order chi connectivity index (χ1) is 16.4. The third-order valence-corrected chi connectivity index (χ3v) is 6.22. The molecule has 2 heterocycles. The molecule has 0 saturated heterocycles. The molecule has 2 aromatic heterocycles. The van der Waals surface area contributed by atoms with E-state index in [4.69, 9.17) is 14.6 Å². The molecule has 2 aromatic carbocycles. The van der Waals surface area contributed by atoms with Gasteiger partial charge in [0.1, 0.15) is 16.3 Å². The first kappa shape index (κ1) is 23.2. The number of nitrogens with zero attached hydrogens (tertiary/aromatic N) is 1. The number of carbonyl (C=O) groups is 2. The van der Waals surface area contributed by atoms with Crippen LogP contribution in [0.5, 0.6) is 11.5 Å². The van der Waals surface area contributed by atoms with Crippen molar-refractivity contribution in [2.24, 2.45) is 0 Å². The van der Waals surface area contributed by atoms with Gasteiger partial charge in [0, 0.05) is 12.8 Å². The van der Waals surface area contributed by atoms with Gasteiger partial charge in [0.05, 0.1) is 24.7 Å². The number of hydrogen-bond donors (Lipinski definition) is 2. The van der Waals surface area contributed by atoms with Crippen LogP contribution < -0.4 is 15.0 Å². The molecule has 34 heavy (non-hydrogen) atoms. The Morgan fingerprint density at radius 1 is 1.09 bits per heavy atom. The summed E-state index contributed by atoms with van der Waals surface area (Å²) in [6.07, 6.45) is 1.20. The fraction of sp³-hybridized carbons (Fsp3) is 0.200. The lowest BCUT2D eigenvalue weighted by Crippen LogP contribution is -2.16. The number of fused-ring (bicyclic) bond motifs is 1. The monoisotopic (exact) mass is 478 g/mol. The average Bonchev–Trinajstić information content (AvgIpc) is 3.26. The van der Waals surface area contributed by atoms with E-state index < -0.39 is 5.97 Å². The molecule has 0 aliphatic heterocycles. The van der Waals surface area contributed by atoms with Crippen LogP contribution in [0.4, 0.5) is 0 Å². The number of aromatic carboxylic acids is 1. The first-order valence-electron chi connectivity index (χ1n) is 10.6. The van der Waals surface area contributed by atoms with Gasteiger partial charge < -0.3 is 19.6 Å². The van der Waals surface area contributed by atoms with Crippen LogP contribution >= 0.6 is 11.3 Å². The Hall–Kier alpha value is -3.98. The molecule has 8 nitrogen and oxygen atoms in total. The second kappa shape index (κ2) is 10.3. The maximum atomic E-state index is 12.7. The molecule has 0 aliphatic rings. The summed E-state index contributed by atoms with van der Waals surface area (Å²) in [7, 11) is 1.59. The molecule has 9 heteroatoms. The Balaban J connectivity index is 1.40. The number of thiophene rings is 1. The lowest BCUT2D eigenvalue weighted by atomic mass is 10.1. The number of H-pyrrole nitrogens is 1. The van der Waals surface area contributed by atoms with E-state index in [1.54, 1.807) is 19.2 Å². The van der Waals surface area contributed by atoms with Crippen LogP contribution in [0, 0.1) is 0 Å². The number of ketones is 1. The maximum Gasteiger partial charge on any atom is 0.335 e. The Morgan fingerprint density at radius 2 is 1.88 bits per heavy atom. The van der Waals surface area contributed by atoms with Gasteiger partial charge in [-0.05, 0) is 59.3 Å². The summed E-state index contributed by atoms with van der Waals surface area (Å²) in [4.78, 5) is 43.8. The van der Waals surface area contributed by atoms with Crippen molar-refractivity contribution >= 4 is 33.3 Å². The standard InChI is InChI=1S/C25H22N2O6S/c1-32-19-4-2-3-15(13-19)5-10-20(28)22-26-23(29)21-17(14-34-24(21)27-22)11-12-33-18-8-6-16(7-9-18)25(30)31/h2-4,6-9,13-14H,5,10-12H2,1H3,(H,30,31)(H,26,27,29). The molecule has 4 aromatic rings. The summed E-state index contributed by atoms with van der Waals surface area (Å²) in [5.41, 5.74) is 1.58. The summed E-state index contributed by atoms with van der Waals surface area (Å²) in [6.45, 7) is 0.304. The van der Waals surface area contributed by atoms with Gasteiger partial charge in [-0.15, -0.1) is 11.3 Å². The molecule has 0 radical (unpaired) electrons. The van der Waals surface area contributed by atoms with E-state index in [1.165, 1.54) is 23.5 Å². The number of hydrogen-bond acceptors (Lipinski definition) is 7. The predicted octanol–water partition coefficient (Wildman–Crippen LogP) is 4.13. The average molecular weight is 479 g/mol. The number of benzene rings is 2. The van der Waals surface area contributed by atoms with Crippen molar-refractivity contribution < 1.29 is 24.2 Å². The molecule has 0 bridgehead atoms. The highest BCUT2D eigenvalue weighted by atomic mass is 32.1. The van der Waals surface area contributed by atoms with Gasteiger partial charge in [-0.25, -0.2) is 9.78 Å². The largest absolute Gasteiger partial charge is 0.497 e. The van der Waals surface area contributed by atoms with Gasteiger partial charge in [-0.2, -0.15) is 0 Å². The molecular formula is C25H22N2O6S. The lowest BCUT2D eigenvalue weighted by Gasteiger charge is -2.06. The number of nitrogens with one attached hydrogen (secondary N) is 1. The van der Waals surface area contributed by atoms with Gasteiger partial charge in [0.15, 0.2) is 11.6 Å². The summed E-state index contributed by atoms with van der Waals surface area (Å²) in [5.74, 6) is 0.0976. The predicted molar refractivity (Wildman–Crippen MR) is 128 cm³/mol. The number of aryl methyl sites for hydroxylation is 1. The molecular weight excluding hydrogens is 456 g/mol. The van der Waals surface area contributed by atoms with Gasteiger partial charge in [-0.3, -0.25) is 9.59 Å². The van der Waals surface area contributed by atoms with Crippen LogP contribution in [0.3, 0.4) is 0 Å². The SMILES string of the molecule is COc1cccc(CCC(=O)c2nc3scc(CCOc4ccc(C(=O)O)cc4)c3c(=O)[nH]2)c1. The molecule has 0 amide bonds. The van der Waals surface area contributed by atoms with Gasteiger partial charge in [0.25, 0.3) is 5.56 Å². The number of aromatic nitrogens is 2. The third kappa shape index (κ3) is 5.32. The second-order valence-corrected chi connectivity index (χ2v) is 8.42. The van der Waals surface area contributed by atoms with E-state index in [1.807, 2.05) is 29.6 Å². The Morgan fingerprint density at radius 3 is 2.62 bits per heavy atom. The van der Waals surface area contributed by atoms with Gasteiger partial charge in [0.2, 0.25) is 0 Å². The summed E-state index contributed by atoms with van der Waals surface area (Å²) in [6, 6.07) is 13.6. The molecule has 174 valence electrons. The Bertz CT molecular complexity index is 1390. The molecule has 0 unspecified atom stereocenters. The minimum Gasteiger partial charge on any atom is -0.497 e. The van der Waals surface area contributed by atoms with E-state index in [0.717, 1.165) is 16.9 Å². The van der Waals surface area contributed by atoms with E-state index >= 15 is 0 Å². The zero-order valence-electron chi connectivity index (χ0n) is 18.4. The van der Waals surface area contributed by atoms with Crippen molar-refractivity contribution in [2.45, 2.75) is 19.3 Å². The van der Waals surface area contributed by atoms with Crippen LogP contribution in [0.25, 0.3) is 10.2 Å². The minimum absolute atomic E-state index is 0.0589. The minimum atomic E-state index is -0.999. The summed E-state index contributed by atoms with van der Waals surface area (Å²) < 4.78 is 10.9. The molecule has 0 aliphatic carbocycles. The van der Waals surface area contributed by atoms with Crippen molar-refractivity contribution in [3.05, 3.63) is 86.8 Å². The Kier molecular flexibility index (Phi) is 7.03. The van der Waals surface area contributed by atoms with Crippen molar-refractivity contribution in [1.82, 2.24) is 9.97 Å². The van der Waals surface area contributed by atoms with Crippen LogP contribution in [-0.2, 0) is 12.8 Å². The van der Waals surface area contributed by atoms with Crippen LogP contribution in [0.15, 0.2) is 58.7 Å². The summed E-state index contributed by atoms with van der Waals surface area (Å²) >= 11 is 1.31. The number of methoxy groups -OCH3 is 1. The third-order valence-electron chi connectivity index (χ3n) is 5.30. The topological polar surface area (TPSA) is 119 Å². The quantitative estimate of drug-likeness (QED) is 0.329. The first-order valence-corrected chi connectivity index (χ1v) is 11.4. The second-order valence-electron chi connectivity index (χ2n) is 7.56. The van der Waals surface area contributed by atoms with Crippen molar-refractivity contribution in [2.75, 3.05) is 13.7 Å². The van der Waals surface area contributed by atoms with Crippen molar-refractivity contribution in [3.63, 3.8) is 0 Å². The number of rotatable bonds is 10. The molecule has 0 atom stereocenters. The molecule has 0 fully saturated rings. The molecule has 4 rings (SSSR count). The smallest absolute Gasteiger partial charge is 0.335 e. The zero-order valence-corrected chi connectivity index (χ0v) is 19.2. The highest BCUT2D eigenvalue weighted by Crippen LogP contribution is 2.23. The maximum absolute atomic E-state index is 12.7. The number of ether oxygens (including phenoxy) is 2. The zero-order chi connectivity index (χ0) is 24.1. The van der Waals surface area contributed by atoms with E-state index in [2.05, 4.69) is 9.97 Å². The highest BCUT2D eigenvalue weighted by Gasteiger charge is 2.16. The fourth-order valence-electron chi connectivity index (χ4n) is 3.50. The number of carboxylic acids is 1. The van der Waals surface area contributed by atoms with Crippen molar-refractivity contribution in [1.29, 1.82) is 0 Å². The summed E-state index contributed by atoms with van der Waals surface area (Å²) in [5, 5.41) is 11.3. The van der Waals surface area contributed by atoms with Crippen LogP contribution in [0.2, 0.25) is 0 Å². The number of aromatic amines is 1. The normalized spacial score (nSPS) is 10.9. The van der Waals surface area contributed by atoms with Gasteiger partial charge in [-0.1, -0.05) is 12.1 Å². The van der Waals surface area contributed by atoms with E-state index in [0.29, 0.717) is 35.4 Å². The molecule has 0 saturated carbocycles. The number of Topliss-reactive ketones (excluding diaryl/α,β-unsaturated/α-hetero) is 1. The molecule has 2 N–H and O–H groups in total. The van der Waals surface area contributed by atoms with Crippen molar-refractivity contribution in [3.8, 4) is 11.5 Å². The highest BCUT2D eigenvalue weighted by molar-refractivity contribution is 7.16. The van der Waals surface area contributed by atoms with E-state index in [-0.39, 0.29) is 29.2 Å². The van der Waals surface area contributed by atoms with Crippen LogP contribution in [0.1, 0.15) is 38.5 Å². The van der Waals surface area contributed by atoms with E-state index in [9.17, 15) is 14.4 Å². The van der Waals surface area contributed by atoms with Gasteiger partial charge >= 0.3 is 5.97 Å². The molecule has 0 spiro atoms. The Labute approximate surface area is 198 Å². The lowest BCUT2D eigenvalue weighted by molar-refractivity contribution is 0.0696. The fourth-order valence-corrected chi connectivity index (χ4v) is 4.47. The van der Waals surface area contributed by atoms with Crippen LogP contribution in [-0.4, -0.2) is 40.5 Å². The number of carbonyl (C=O) groups excluding carboxylic acids is 1. The number of carboxylic acid groups (broad SMARTS) is 1.